The molecule has 0 aromatic rings. The second-order valence-corrected chi connectivity index (χ2v) is 3.48. The third kappa shape index (κ3) is 3.33. The molecule has 0 aromatic carbocycles. The van der Waals surface area contributed by atoms with Crippen molar-refractivity contribution in [1.82, 2.24) is 10.2 Å². The van der Waals surface area contributed by atoms with Gasteiger partial charge in [0.1, 0.15) is 0 Å². The molecule has 0 heterocycles. The largest absolute Gasteiger partial charge is 0.369 e. The van der Waals surface area contributed by atoms with Crippen LogP contribution in [0.2, 0.25) is 0 Å². The standard InChI is InChI=1S/C9H17N3O2/c1-2-12(7-3-4-7)9(14)6-11-5-8(10)13/h7,11H,2-6H2,1H3,(H2,10,13). The van der Waals surface area contributed by atoms with E-state index < -0.39 is 5.91 Å². The maximum absolute atomic E-state index is 11.5. The van der Waals surface area contributed by atoms with E-state index in [0.29, 0.717) is 6.04 Å². The Morgan fingerprint density at radius 1 is 1.43 bits per heavy atom. The zero-order valence-corrected chi connectivity index (χ0v) is 8.45. The van der Waals surface area contributed by atoms with Crippen LogP contribution in [-0.2, 0) is 9.59 Å². The van der Waals surface area contributed by atoms with Gasteiger partial charge in [-0.1, -0.05) is 0 Å². The van der Waals surface area contributed by atoms with Crippen molar-refractivity contribution in [2.45, 2.75) is 25.8 Å². The number of hydrogen-bond acceptors (Lipinski definition) is 3. The SMILES string of the molecule is CCN(C(=O)CNCC(N)=O)C1CC1. The first-order valence-corrected chi connectivity index (χ1v) is 4.93. The fourth-order valence-corrected chi connectivity index (χ4v) is 1.42. The van der Waals surface area contributed by atoms with Gasteiger partial charge in [-0.2, -0.15) is 0 Å². The highest BCUT2D eigenvalue weighted by Crippen LogP contribution is 2.26. The van der Waals surface area contributed by atoms with Crippen molar-refractivity contribution in [3.05, 3.63) is 0 Å². The van der Waals surface area contributed by atoms with Crippen LogP contribution in [-0.4, -0.2) is 42.4 Å². The summed E-state index contributed by atoms with van der Waals surface area (Å²) >= 11 is 0. The highest BCUT2D eigenvalue weighted by molar-refractivity contribution is 5.80. The molecule has 3 N–H and O–H groups in total. The summed E-state index contributed by atoms with van der Waals surface area (Å²) in [6, 6.07) is 0.433. The van der Waals surface area contributed by atoms with Crippen LogP contribution in [0.1, 0.15) is 19.8 Å². The van der Waals surface area contributed by atoms with Gasteiger partial charge >= 0.3 is 0 Å². The van der Waals surface area contributed by atoms with Gasteiger partial charge in [-0.15, -0.1) is 0 Å². The number of hydrogen-bond donors (Lipinski definition) is 2. The first kappa shape index (κ1) is 11.0. The average Bonchev–Trinajstić information content (AvgIpc) is 2.89. The minimum atomic E-state index is -0.438. The first-order chi connectivity index (χ1) is 6.65. The number of nitrogens with zero attached hydrogens (tertiary/aromatic N) is 1. The Balaban J connectivity index is 2.21. The molecule has 0 aromatic heterocycles. The van der Waals surface area contributed by atoms with Crippen molar-refractivity contribution in [3.63, 3.8) is 0 Å². The van der Waals surface area contributed by atoms with Crippen LogP contribution < -0.4 is 11.1 Å². The molecule has 80 valence electrons. The molecule has 0 bridgehead atoms. The summed E-state index contributed by atoms with van der Waals surface area (Å²) in [5.41, 5.74) is 4.93. The molecule has 0 saturated heterocycles. The number of nitrogens with two attached hydrogens (primary N) is 1. The number of amides is 2. The Bertz CT molecular complexity index is 226. The van der Waals surface area contributed by atoms with Crippen molar-refractivity contribution in [2.75, 3.05) is 19.6 Å². The van der Waals surface area contributed by atoms with E-state index in [1.807, 2.05) is 11.8 Å². The second kappa shape index (κ2) is 4.95. The van der Waals surface area contributed by atoms with E-state index >= 15 is 0 Å². The lowest BCUT2D eigenvalue weighted by atomic mass is 10.4. The van der Waals surface area contributed by atoms with Gasteiger partial charge in [-0.25, -0.2) is 0 Å². The predicted octanol–water partition coefficient (Wildman–Crippen LogP) is -0.928. The van der Waals surface area contributed by atoms with E-state index in [0.717, 1.165) is 19.4 Å². The molecule has 1 fully saturated rings. The highest BCUT2D eigenvalue weighted by Gasteiger charge is 2.30. The normalized spacial score (nSPS) is 15.2. The summed E-state index contributed by atoms with van der Waals surface area (Å²) in [6.45, 7) is 2.97. The summed E-state index contributed by atoms with van der Waals surface area (Å²) in [4.78, 5) is 23.8. The molecule has 0 aliphatic heterocycles. The van der Waals surface area contributed by atoms with Crippen LogP contribution in [0.4, 0.5) is 0 Å². The molecule has 2 amide bonds. The number of primary amides is 1. The van der Waals surface area contributed by atoms with Crippen molar-refractivity contribution in [3.8, 4) is 0 Å². The van der Waals surface area contributed by atoms with Crippen LogP contribution in [0.5, 0.6) is 0 Å². The molecule has 1 aliphatic carbocycles. The minimum Gasteiger partial charge on any atom is -0.369 e. The average molecular weight is 199 g/mol. The van der Waals surface area contributed by atoms with E-state index in [-0.39, 0.29) is 19.0 Å². The molecule has 14 heavy (non-hydrogen) atoms. The van der Waals surface area contributed by atoms with Crippen molar-refractivity contribution in [1.29, 1.82) is 0 Å². The summed E-state index contributed by atoms with van der Waals surface area (Å²) in [5, 5.41) is 2.72. The van der Waals surface area contributed by atoms with Crippen LogP contribution >= 0.6 is 0 Å². The highest BCUT2D eigenvalue weighted by atomic mass is 16.2. The molecule has 5 heteroatoms. The Morgan fingerprint density at radius 2 is 2.07 bits per heavy atom. The van der Waals surface area contributed by atoms with E-state index in [1.165, 1.54) is 0 Å². The number of nitrogens with one attached hydrogen (secondary N) is 1. The van der Waals surface area contributed by atoms with Gasteiger partial charge < -0.3 is 10.6 Å². The topological polar surface area (TPSA) is 75.4 Å². The van der Waals surface area contributed by atoms with E-state index in [1.54, 1.807) is 0 Å². The Morgan fingerprint density at radius 3 is 2.50 bits per heavy atom. The fraction of sp³-hybridized carbons (Fsp3) is 0.778. The fourth-order valence-electron chi connectivity index (χ4n) is 1.42. The zero-order chi connectivity index (χ0) is 10.6. The van der Waals surface area contributed by atoms with E-state index in [4.69, 9.17) is 5.73 Å². The Kier molecular flexibility index (Phi) is 3.88. The maximum atomic E-state index is 11.5. The quantitative estimate of drug-likeness (QED) is 0.580. The first-order valence-electron chi connectivity index (χ1n) is 4.93. The van der Waals surface area contributed by atoms with Gasteiger partial charge in [-0.05, 0) is 19.8 Å². The second-order valence-electron chi connectivity index (χ2n) is 3.48. The van der Waals surface area contributed by atoms with Crippen LogP contribution in [0, 0.1) is 0 Å². The maximum Gasteiger partial charge on any atom is 0.236 e. The molecule has 0 atom stereocenters. The Hall–Kier alpha value is -1.10. The molecule has 1 saturated carbocycles. The van der Waals surface area contributed by atoms with Crippen molar-refractivity contribution < 1.29 is 9.59 Å². The van der Waals surface area contributed by atoms with Gasteiger partial charge in [0.15, 0.2) is 0 Å². The Labute approximate surface area is 83.6 Å². The summed E-state index contributed by atoms with van der Waals surface area (Å²) < 4.78 is 0. The van der Waals surface area contributed by atoms with Gasteiger partial charge in [0, 0.05) is 12.6 Å². The monoisotopic (exact) mass is 199 g/mol. The predicted molar refractivity (Wildman–Crippen MR) is 52.5 cm³/mol. The van der Waals surface area contributed by atoms with Crippen molar-refractivity contribution >= 4 is 11.8 Å². The third-order valence-corrected chi connectivity index (χ3v) is 2.22. The smallest absolute Gasteiger partial charge is 0.236 e. The number of carbonyl (C=O) groups is 2. The lowest BCUT2D eigenvalue weighted by Gasteiger charge is -2.20. The number of carbonyl (C=O) groups excluding carboxylic acids is 2. The molecular weight excluding hydrogens is 182 g/mol. The van der Waals surface area contributed by atoms with Crippen molar-refractivity contribution in [2.24, 2.45) is 5.73 Å². The van der Waals surface area contributed by atoms with Gasteiger partial charge in [0.05, 0.1) is 13.1 Å². The van der Waals surface area contributed by atoms with Gasteiger partial charge in [0.25, 0.3) is 0 Å². The molecule has 0 unspecified atom stereocenters. The molecular formula is C9H17N3O2. The van der Waals surface area contributed by atoms with E-state index in [2.05, 4.69) is 5.32 Å². The van der Waals surface area contributed by atoms with Crippen LogP contribution in [0.25, 0.3) is 0 Å². The molecule has 0 spiro atoms. The van der Waals surface area contributed by atoms with Crippen LogP contribution in [0.15, 0.2) is 0 Å². The lowest BCUT2D eigenvalue weighted by molar-refractivity contribution is -0.130. The molecule has 0 radical (unpaired) electrons. The third-order valence-electron chi connectivity index (χ3n) is 2.22. The molecule has 1 rings (SSSR count). The van der Waals surface area contributed by atoms with Crippen LogP contribution in [0.3, 0.4) is 0 Å². The molecule has 1 aliphatic rings. The van der Waals surface area contributed by atoms with Gasteiger partial charge in [0.2, 0.25) is 11.8 Å². The lowest BCUT2D eigenvalue weighted by Crippen LogP contribution is -2.41. The summed E-state index contributed by atoms with van der Waals surface area (Å²) in [7, 11) is 0. The zero-order valence-electron chi connectivity index (χ0n) is 8.45. The van der Waals surface area contributed by atoms with E-state index in [9.17, 15) is 9.59 Å². The summed E-state index contributed by atoms with van der Waals surface area (Å²) in [5.74, 6) is -0.386. The number of likely N-dealkylation sites (N-methyl/N-ethyl adjacent to an activating group) is 1. The molecule has 5 nitrogen and oxygen atoms in total. The minimum absolute atomic E-state index is 0.0521. The summed E-state index contributed by atoms with van der Waals surface area (Å²) in [6.07, 6.45) is 2.21. The van der Waals surface area contributed by atoms with Gasteiger partial charge in [-0.3, -0.25) is 14.9 Å². The number of rotatable bonds is 6.